The Hall–Kier alpha value is -3.38. The highest BCUT2D eigenvalue weighted by Gasteiger charge is 2.25. The lowest BCUT2D eigenvalue weighted by molar-refractivity contribution is 0.0734. The normalized spacial score (nSPS) is 17.6. The monoisotopic (exact) mass is 423 g/mol. The Morgan fingerprint density at radius 2 is 1.59 bits per heavy atom. The molecular weight excluding hydrogens is 394 g/mol. The third kappa shape index (κ3) is 5.26. The Morgan fingerprint density at radius 1 is 0.938 bits per heavy atom. The molecule has 0 heterocycles. The van der Waals surface area contributed by atoms with Crippen molar-refractivity contribution in [1.29, 1.82) is 5.26 Å². The Kier molecular flexibility index (Phi) is 7.02. The predicted molar refractivity (Wildman–Crippen MR) is 128 cm³/mol. The van der Waals surface area contributed by atoms with Gasteiger partial charge in [0.25, 0.3) is 0 Å². The van der Waals surface area contributed by atoms with E-state index >= 15 is 0 Å². The molecule has 1 aliphatic carbocycles. The first-order valence-electron chi connectivity index (χ1n) is 11.6. The van der Waals surface area contributed by atoms with Crippen LogP contribution in [0.2, 0.25) is 0 Å². The molecule has 3 aromatic carbocycles. The second kappa shape index (κ2) is 10.3. The summed E-state index contributed by atoms with van der Waals surface area (Å²) in [5, 5.41) is 8.92. The molecule has 1 fully saturated rings. The maximum Gasteiger partial charge on any atom is 0.343 e. The lowest BCUT2D eigenvalue weighted by Gasteiger charge is -2.12. The van der Waals surface area contributed by atoms with Gasteiger partial charge in [0.2, 0.25) is 0 Å². The standard InChI is InChI=1S/C29H29NO2/c1-2-3-4-21-5-10-27(19-21)25-11-13-26(14-12-25)29(31)32-28-17-15-24(16-18-28)23-8-6-22(20-30)7-9-23/h6-9,11-18,21,27H,2-5,10,19H2,1H3. The minimum absolute atomic E-state index is 0.338. The highest BCUT2D eigenvalue weighted by molar-refractivity contribution is 5.91. The van der Waals surface area contributed by atoms with E-state index in [1.54, 1.807) is 24.3 Å². The molecule has 0 aliphatic heterocycles. The van der Waals surface area contributed by atoms with Gasteiger partial charge in [-0.3, -0.25) is 0 Å². The molecule has 32 heavy (non-hydrogen) atoms. The minimum atomic E-state index is -0.338. The molecule has 3 nitrogen and oxygen atoms in total. The lowest BCUT2D eigenvalue weighted by atomic mass is 9.94. The van der Waals surface area contributed by atoms with Crippen molar-refractivity contribution in [2.75, 3.05) is 0 Å². The number of carbonyl (C=O) groups excluding carboxylic acids is 1. The van der Waals surface area contributed by atoms with Gasteiger partial charge in [-0.2, -0.15) is 5.26 Å². The Bertz CT molecular complexity index is 1080. The van der Waals surface area contributed by atoms with Crippen LogP contribution in [0.4, 0.5) is 0 Å². The van der Waals surface area contributed by atoms with E-state index in [-0.39, 0.29) is 5.97 Å². The second-order valence-electron chi connectivity index (χ2n) is 8.74. The van der Waals surface area contributed by atoms with Gasteiger partial charge >= 0.3 is 5.97 Å². The Labute approximate surface area is 190 Å². The van der Waals surface area contributed by atoms with E-state index in [9.17, 15) is 4.79 Å². The van der Waals surface area contributed by atoms with Crippen LogP contribution in [-0.2, 0) is 0 Å². The summed E-state index contributed by atoms with van der Waals surface area (Å²) in [5.74, 6) is 1.66. The summed E-state index contributed by atoms with van der Waals surface area (Å²) in [7, 11) is 0. The third-order valence-electron chi connectivity index (χ3n) is 6.54. The molecule has 0 N–H and O–H groups in total. The predicted octanol–water partition coefficient (Wildman–Crippen LogP) is 7.52. The average molecular weight is 424 g/mol. The smallest absolute Gasteiger partial charge is 0.343 e. The topological polar surface area (TPSA) is 50.1 Å². The molecule has 3 aromatic rings. The average Bonchev–Trinajstić information content (AvgIpc) is 3.32. The first kappa shape index (κ1) is 21.8. The molecule has 0 amide bonds. The van der Waals surface area contributed by atoms with Crippen LogP contribution in [0.15, 0.2) is 72.8 Å². The van der Waals surface area contributed by atoms with Crippen molar-refractivity contribution in [1.82, 2.24) is 0 Å². The first-order valence-corrected chi connectivity index (χ1v) is 11.6. The number of nitriles is 1. The van der Waals surface area contributed by atoms with E-state index < -0.39 is 0 Å². The number of hydrogen-bond donors (Lipinski definition) is 0. The van der Waals surface area contributed by atoms with Crippen molar-refractivity contribution in [3.8, 4) is 22.9 Å². The van der Waals surface area contributed by atoms with E-state index in [2.05, 4.69) is 25.1 Å². The number of benzene rings is 3. The van der Waals surface area contributed by atoms with Crippen LogP contribution in [0.5, 0.6) is 5.75 Å². The summed E-state index contributed by atoms with van der Waals surface area (Å²) in [6.45, 7) is 2.26. The highest BCUT2D eigenvalue weighted by Crippen LogP contribution is 2.40. The number of carbonyl (C=O) groups is 1. The molecular formula is C29H29NO2. The summed E-state index contributed by atoms with van der Waals surface area (Å²) in [6, 6.07) is 25.0. The third-order valence-corrected chi connectivity index (χ3v) is 6.54. The van der Waals surface area contributed by atoms with Gasteiger partial charge < -0.3 is 4.74 Å². The summed E-state index contributed by atoms with van der Waals surface area (Å²) in [6.07, 6.45) is 7.81. The van der Waals surface area contributed by atoms with Crippen LogP contribution in [0.1, 0.15) is 72.9 Å². The zero-order valence-corrected chi connectivity index (χ0v) is 18.6. The molecule has 3 heteroatoms. The van der Waals surface area contributed by atoms with Gasteiger partial charge in [0, 0.05) is 0 Å². The van der Waals surface area contributed by atoms with Crippen molar-refractivity contribution in [2.24, 2.45) is 5.92 Å². The molecule has 162 valence electrons. The second-order valence-corrected chi connectivity index (χ2v) is 8.74. The van der Waals surface area contributed by atoms with Crippen LogP contribution in [0.3, 0.4) is 0 Å². The van der Waals surface area contributed by atoms with Crippen molar-refractivity contribution >= 4 is 5.97 Å². The fourth-order valence-corrected chi connectivity index (χ4v) is 4.64. The molecule has 1 saturated carbocycles. The van der Waals surface area contributed by atoms with Crippen LogP contribution in [0, 0.1) is 17.2 Å². The van der Waals surface area contributed by atoms with Crippen LogP contribution in [0.25, 0.3) is 11.1 Å². The number of hydrogen-bond acceptors (Lipinski definition) is 3. The minimum Gasteiger partial charge on any atom is -0.423 e. The number of nitrogens with zero attached hydrogens (tertiary/aromatic N) is 1. The van der Waals surface area contributed by atoms with Gasteiger partial charge in [-0.05, 0) is 84.2 Å². The van der Waals surface area contributed by atoms with Crippen molar-refractivity contribution < 1.29 is 9.53 Å². The van der Waals surface area contributed by atoms with Gasteiger partial charge in [0.05, 0.1) is 17.2 Å². The van der Waals surface area contributed by atoms with Crippen LogP contribution >= 0.6 is 0 Å². The van der Waals surface area contributed by atoms with Crippen molar-refractivity contribution in [2.45, 2.75) is 51.4 Å². The first-order chi connectivity index (χ1) is 15.7. The molecule has 0 radical (unpaired) electrons. The maximum absolute atomic E-state index is 12.6. The molecule has 0 bridgehead atoms. The summed E-state index contributed by atoms with van der Waals surface area (Å²) < 4.78 is 5.57. The molecule has 0 aromatic heterocycles. The van der Waals surface area contributed by atoms with Crippen molar-refractivity contribution in [3.05, 3.63) is 89.5 Å². The summed E-state index contributed by atoms with van der Waals surface area (Å²) in [4.78, 5) is 12.6. The zero-order valence-electron chi connectivity index (χ0n) is 18.6. The number of rotatable bonds is 7. The number of esters is 1. The fourth-order valence-electron chi connectivity index (χ4n) is 4.64. The van der Waals surface area contributed by atoms with Gasteiger partial charge in [-0.1, -0.05) is 62.6 Å². The SMILES string of the molecule is CCCCC1CCC(c2ccc(C(=O)Oc3ccc(-c4ccc(C#N)cc4)cc3)cc2)C1. The largest absolute Gasteiger partial charge is 0.423 e. The van der Waals surface area contributed by atoms with Crippen molar-refractivity contribution in [3.63, 3.8) is 0 Å². The van der Waals surface area contributed by atoms with Crippen LogP contribution in [-0.4, -0.2) is 5.97 Å². The summed E-state index contributed by atoms with van der Waals surface area (Å²) in [5.41, 5.74) is 4.57. The molecule has 4 rings (SSSR count). The maximum atomic E-state index is 12.6. The van der Waals surface area contributed by atoms with Gasteiger partial charge in [-0.25, -0.2) is 4.79 Å². The highest BCUT2D eigenvalue weighted by atomic mass is 16.5. The number of ether oxygens (including phenoxy) is 1. The molecule has 2 atom stereocenters. The van der Waals surface area contributed by atoms with E-state index in [1.165, 1.54) is 44.1 Å². The summed E-state index contributed by atoms with van der Waals surface area (Å²) >= 11 is 0. The Balaban J connectivity index is 1.35. The van der Waals surface area contributed by atoms with Gasteiger partial charge in [0.1, 0.15) is 5.75 Å². The number of unbranched alkanes of at least 4 members (excludes halogenated alkanes) is 1. The van der Waals surface area contributed by atoms with E-state index in [0.717, 1.165) is 17.0 Å². The quantitative estimate of drug-likeness (QED) is 0.292. The lowest BCUT2D eigenvalue weighted by Crippen LogP contribution is -2.08. The van der Waals surface area contributed by atoms with E-state index in [4.69, 9.17) is 10.00 Å². The van der Waals surface area contributed by atoms with Crippen LogP contribution < -0.4 is 4.74 Å². The molecule has 0 saturated heterocycles. The molecule has 1 aliphatic rings. The van der Waals surface area contributed by atoms with E-state index in [0.29, 0.717) is 22.8 Å². The van der Waals surface area contributed by atoms with E-state index in [1.807, 2.05) is 36.4 Å². The molecule has 2 unspecified atom stereocenters. The van der Waals surface area contributed by atoms with Gasteiger partial charge in [0.15, 0.2) is 0 Å². The van der Waals surface area contributed by atoms with Gasteiger partial charge in [-0.15, -0.1) is 0 Å². The zero-order chi connectivity index (χ0) is 22.3. The fraction of sp³-hybridized carbons (Fsp3) is 0.310. The Morgan fingerprint density at radius 3 is 2.22 bits per heavy atom. The molecule has 0 spiro atoms.